The molecule has 4 heteroatoms. The van der Waals surface area contributed by atoms with Gasteiger partial charge in [-0.15, -0.1) is 0 Å². The van der Waals surface area contributed by atoms with Gasteiger partial charge in [-0.25, -0.2) is 4.98 Å². The average molecular weight is 275 g/mol. The molecule has 0 unspecified atom stereocenters. The third kappa shape index (κ3) is 1.61. The van der Waals surface area contributed by atoms with Gasteiger partial charge in [-0.3, -0.25) is 4.98 Å². The molecule has 0 saturated heterocycles. The first-order chi connectivity index (χ1) is 7.83. The molecule has 3 rings (SSSR count). The molecule has 78 valence electrons. The minimum atomic E-state index is 0.621. The largest absolute Gasteiger partial charge is 0.436 e. The molecule has 0 aliphatic carbocycles. The highest BCUT2D eigenvalue weighted by atomic mass is 79.9. The van der Waals surface area contributed by atoms with E-state index in [1.54, 1.807) is 12.4 Å². The molecule has 3 nitrogen and oxygen atoms in total. The molecule has 3 aromatic rings. The van der Waals surface area contributed by atoms with E-state index in [9.17, 15) is 0 Å². The number of aromatic nitrogens is 2. The van der Waals surface area contributed by atoms with Gasteiger partial charge >= 0.3 is 0 Å². The van der Waals surface area contributed by atoms with Gasteiger partial charge in [0.05, 0.1) is 6.20 Å². The van der Waals surface area contributed by atoms with Crippen molar-refractivity contribution >= 4 is 27.0 Å². The Labute approximate surface area is 100 Å². The molecular weight excluding hydrogens is 268 g/mol. The van der Waals surface area contributed by atoms with Crippen LogP contribution in [0.4, 0.5) is 0 Å². The number of benzene rings is 1. The molecule has 2 aromatic heterocycles. The lowest BCUT2D eigenvalue weighted by molar-refractivity contribution is 0.619. The van der Waals surface area contributed by atoms with E-state index in [0.717, 1.165) is 21.1 Å². The Morgan fingerprint density at radius 2 is 1.88 bits per heavy atom. The molecule has 0 spiro atoms. The Hall–Kier alpha value is -1.68. The number of fused-ring (bicyclic) bond motifs is 1. The van der Waals surface area contributed by atoms with Gasteiger partial charge in [0, 0.05) is 22.3 Å². The summed E-state index contributed by atoms with van der Waals surface area (Å²) < 4.78 is 6.66. The van der Waals surface area contributed by atoms with Gasteiger partial charge in [0.1, 0.15) is 5.52 Å². The van der Waals surface area contributed by atoms with Gasteiger partial charge in [0.2, 0.25) is 5.89 Å². The maximum Gasteiger partial charge on any atom is 0.227 e. The average Bonchev–Trinajstić information content (AvgIpc) is 2.73. The van der Waals surface area contributed by atoms with Crippen LogP contribution in [0.5, 0.6) is 0 Å². The van der Waals surface area contributed by atoms with Crippen molar-refractivity contribution in [2.24, 2.45) is 0 Å². The van der Waals surface area contributed by atoms with Gasteiger partial charge in [-0.05, 0) is 24.3 Å². The number of pyridine rings is 1. The van der Waals surface area contributed by atoms with Gasteiger partial charge in [-0.1, -0.05) is 15.9 Å². The predicted octanol–water partition coefficient (Wildman–Crippen LogP) is 3.65. The van der Waals surface area contributed by atoms with Crippen molar-refractivity contribution in [2.75, 3.05) is 0 Å². The summed E-state index contributed by atoms with van der Waals surface area (Å²) >= 11 is 3.39. The van der Waals surface area contributed by atoms with E-state index in [1.807, 2.05) is 30.3 Å². The van der Waals surface area contributed by atoms with Crippen LogP contribution in [0.2, 0.25) is 0 Å². The summed E-state index contributed by atoms with van der Waals surface area (Å²) in [6, 6.07) is 9.65. The fourth-order valence-electron chi connectivity index (χ4n) is 1.50. The molecule has 0 atom stereocenters. The second kappa shape index (κ2) is 3.72. The first-order valence-electron chi connectivity index (χ1n) is 4.79. The standard InChI is InChI=1S/C12H7BrN2O/c13-9-3-1-8(2-4-9)12-15-10-7-14-6-5-11(10)16-12/h1-7H. The minimum absolute atomic E-state index is 0.621. The molecule has 0 saturated carbocycles. The van der Waals surface area contributed by atoms with Crippen LogP contribution in [-0.2, 0) is 0 Å². The molecule has 0 fully saturated rings. The molecule has 2 heterocycles. The predicted molar refractivity (Wildman–Crippen MR) is 64.9 cm³/mol. The smallest absolute Gasteiger partial charge is 0.227 e. The minimum Gasteiger partial charge on any atom is -0.436 e. The summed E-state index contributed by atoms with van der Waals surface area (Å²) in [4.78, 5) is 8.37. The van der Waals surface area contributed by atoms with Gasteiger partial charge in [0.15, 0.2) is 5.58 Å². The summed E-state index contributed by atoms with van der Waals surface area (Å²) in [6.07, 6.45) is 3.39. The lowest BCUT2D eigenvalue weighted by Crippen LogP contribution is -1.76. The summed E-state index contributed by atoms with van der Waals surface area (Å²) in [5.74, 6) is 0.621. The molecule has 16 heavy (non-hydrogen) atoms. The van der Waals surface area contributed by atoms with Crippen molar-refractivity contribution in [3.63, 3.8) is 0 Å². The lowest BCUT2D eigenvalue weighted by atomic mass is 10.2. The summed E-state index contributed by atoms with van der Waals surface area (Å²) in [6.45, 7) is 0. The summed E-state index contributed by atoms with van der Waals surface area (Å²) in [5.41, 5.74) is 2.49. The van der Waals surface area contributed by atoms with E-state index < -0.39 is 0 Å². The van der Waals surface area contributed by atoms with E-state index in [2.05, 4.69) is 25.9 Å². The highest BCUT2D eigenvalue weighted by Crippen LogP contribution is 2.24. The van der Waals surface area contributed by atoms with Crippen molar-refractivity contribution in [2.45, 2.75) is 0 Å². The van der Waals surface area contributed by atoms with Crippen LogP contribution in [0.3, 0.4) is 0 Å². The SMILES string of the molecule is Brc1ccc(-c2nc3cnccc3o2)cc1. The zero-order chi connectivity index (χ0) is 11.0. The summed E-state index contributed by atoms with van der Waals surface area (Å²) in [5, 5.41) is 0. The van der Waals surface area contributed by atoms with Gasteiger partial charge in [-0.2, -0.15) is 0 Å². The van der Waals surface area contributed by atoms with Gasteiger partial charge < -0.3 is 4.42 Å². The van der Waals surface area contributed by atoms with E-state index in [4.69, 9.17) is 4.42 Å². The van der Waals surface area contributed by atoms with E-state index >= 15 is 0 Å². The Kier molecular flexibility index (Phi) is 2.22. The molecule has 0 aliphatic rings. The monoisotopic (exact) mass is 274 g/mol. The number of hydrogen-bond acceptors (Lipinski definition) is 3. The fourth-order valence-corrected chi connectivity index (χ4v) is 1.76. The van der Waals surface area contributed by atoms with Gasteiger partial charge in [0.25, 0.3) is 0 Å². The lowest BCUT2D eigenvalue weighted by Gasteiger charge is -1.94. The van der Waals surface area contributed by atoms with Crippen LogP contribution < -0.4 is 0 Å². The van der Waals surface area contributed by atoms with E-state index in [-0.39, 0.29) is 0 Å². The van der Waals surface area contributed by atoms with Crippen LogP contribution in [0.1, 0.15) is 0 Å². The highest BCUT2D eigenvalue weighted by molar-refractivity contribution is 9.10. The molecule has 0 N–H and O–H groups in total. The number of halogens is 1. The fraction of sp³-hybridized carbons (Fsp3) is 0. The third-order valence-corrected chi connectivity index (χ3v) is 2.81. The Morgan fingerprint density at radius 3 is 2.62 bits per heavy atom. The zero-order valence-corrected chi connectivity index (χ0v) is 9.81. The number of oxazole rings is 1. The van der Waals surface area contributed by atoms with E-state index in [1.165, 1.54) is 0 Å². The second-order valence-electron chi connectivity index (χ2n) is 3.37. The molecule has 0 amide bonds. The van der Waals surface area contributed by atoms with Crippen molar-refractivity contribution in [3.05, 3.63) is 47.2 Å². The molecule has 1 aromatic carbocycles. The maximum atomic E-state index is 5.63. The Morgan fingerprint density at radius 1 is 1.06 bits per heavy atom. The van der Waals surface area contributed by atoms with Crippen molar-refractivity contribution < 1.29 is 4.42 Å². The topological polar surface area (TPSA) is 38.9 Å². The Bertz CT molecular complexity index is 598. The van der Waals surface area contributed by atoms with Crippen molar-refractivity contribution in [3.8, 4) is 11.5 Å². The Balaban J connectivity index is 2.15. The van der Waals surface area contributed by atoms with Crippen molar-refractivity contribution in [1.29, 1.82) is 0 Å². The third-order valence-electron chi connectivity index (χ3n) is 2.28. The van der Waals surface area contributed by atoms with E-state index in [0.29, 0.717) is 5.89 Å². The van der Waals surface area contributed by atoms with Crippen LogP contribution in [0, 0.1) is 0 Å². The van der Waals surface area contributed by atoms with Crippen molar-refractivity contribution in [1.82, 2.24) is 9.97 Å². The second-order valence-corrected chi connectivity index (χ2v) is 4.28. The van der Waals surface area contributed by atoms with Crippen LogP contribution in [-0.4, -0.2) is 9.97 Å². The first-order valence-corrected chi connectivity index (χ1v) is 5.59. The molecular formula is C12H7BrN2O. The maximum absolute atomic E-state index is 5.63. The summed E-state index contributed by atoms with van der Waals surface area (Å²) in [7, 11) is 0. The van der Waals surface area contributed by atoms with Crippen LogP contribution in [0.25, 0.3) is 22.6 Å². The number of hydrogen-bond donors (Lipinski definition) is 0. The molecule has 0 radical (unpaired) electrons. The van der Waals surface area contributed by atoms with Crippen LogP contribution in [0.15, 0.2) is 51.6 Å². The van der Waals surface area contributed by atoms with Crippen LogP contribution >= 0.6 is 15.9 Å². The zero-order valence-electron chi connectivity index (χ0n) is 8.22. The number of nitrogens with zero attached hydrogens (tertiary/aromatic N) is 2. The molecule has 0 aliphatic heterocycles. The number of rotatable bonds is 1. The quantitative estimate of drug-likeness (QED) is 0.680. The first kappa shape index (κ1) is 9.54. The molecule has 0 bridgehead atoms. The normalized spacial score (nSPS) is 10.8. The highest BCUT2D eigenvalue weighted by Gasteiger charge is 2.07.